The van der Waals surface area contributed by atoms with E-state index >= 15 is 0 Å². The highest BCUT2D eigenvalue weighted by atomic mass is 19.4. The maximum Gasteiger partial charge on any atom is 0.455 e. The van der Waals surface area contributed by atoms with Crippen LogP contribution in [0.25, 0.3) is 33.5 Å². The number of amides is 1. The molecule has 6 aromatic rings. The molecule has 13 nitrogen and oxygen atoms in total. The highest BCUT2D eigenvalue weighted by molar-refractivity contribution is 5.86. The van der Waals surface area contributed by atoms with Gasteiger partial charge in [-0.1, -0.05) is 0 Å². The molecular formula is C33H21F17N10O3. The molecule has 0 aliphatic carbocycles. The summed E-state index contributed by atoms with van der Waals surface area (Å²) in [7, 11) is 2.46. The molecule has 6 rings (SSSR count). The van der Waals surface area contributed by atoms with Gasteiger partial charge in [0.15, 0.2) is 11.4 Å². The summed E-state index contributed by atoms with van der Waals surface area (Å²) in [5, 5.41) is 9.11. The Balaban J connectivity index is 0.000000239. The van der Waals surface area contributed by atoms with Gasteiger partial charge in [-0.25, -0.2) is 14.8 Å². The van der Waals surface area contributed by atoms with Crippen molar-refractivity contribution in [1.82, 2.24) is 38.3 Å². The molecule has 6 heterocycles. The van der Waals surface area contributed by atoms with Gasteiger partial charge in [-0.2, -0.15) is 80.4 Å². The van der Waals surface area contributed by atoms with Gasteiger partial charge in [0.1, 0.15) is 24.4 Å². The van der Waals surface area contributed by atoms with Crippen LogP contribution >= 0.6 is 0 Å². The van der Waals surface area contributed by atoms with Gasteiger partial charge in [0.2, 0.25) is 0 Å². The fourth-order valence-electron chi connectivity index (χ4n) is 5.41. The molecule has 340 valence electrons. The quantitative estimate of drug-likeness (QED) is 0.0919. The first kappa shape index (κ1) is 47.3. The van der Waals surface area contributed by atoms with Gasteiger partial charge in [-0.15, -0.1) is 4.39 Å². The Kier molecular flexibility index (Phi) is 12.1. The molecule has 0 saturated carbocycles. The molecule has 0 atom stereocenters. The minimum Gasteiger partial charge on any atom is -0.388 e. The maximum atomic E-state index is 13.6. The zero-order valence-electron chi connectivity index (χ0n) is 30.9. The zero-order valence-corrected chi connectivity index (χ0v) is 30.9. The molecule has 0 spiro atoms. The van der Waals surface area contributed by atoms with Crippen LogP contribution in [0, 0.1) is 0 Å². The third-order valence-electron chi connectivity index (χ3n) is 8.52. The molecule has 0 aliphatic heterocycles. The van der Waals surface area contributed by atoms with E-state index in [1.54, 1.807) is 0 Å². The molecule has 0 radical (unpaired) electrons. The largest absolute Gasteiger partial charge is 0.455 e. The number of anilines is 2. The highest BCUT2D eigenvalue weighted by Gasteiger charge is 2.58. The van der Waals surface area contributed by atoms with Gasteiger partial charge in [-0.3, -0.25) is 32.7 Å². The third-order valence-corrected chi connectivity index (χ3v) is 8.52. The Hall–Kier alpha value is -6.78. The van der Waals surface area contributed by atoms with E-state index in [2.05, 4.69) is 25.5 Å². The number of rotatable bonds is 8. The predicted molar refractivity (Wildman–Crippen MR) is 182 cm³/mol. The molecular weight excluding hydrogens is 907 g/mol. The minimum atomic E-state index is -5.94. The predicted octanol–water partition coefficient (Wildman–Crippen LogP) is 8.12. The van der Waals surface area contributed by atoms with Crippen LogP contribution in [0.2, 0.25) is 0 Å². The molecule has 0 saturated heterocycles. The lowest BCUT2D eigenvalue weighted by Gasteiger charge is -2.19. The molecule has 0 aliphatic rings. The number of nitrogens with zero attached hydrogens (tertiary/aromatic N) is 9. The van der Waals surface area contributed by atoms with E-state index in [1.165, 1.54) is 19.2 Å². The van der Waals surface area contributed by atoms with Crippen LogP contribution in [0.4, 0.5) is 90.8 Å². The van der Waals surface area contributed by atoms with Gasteiger partial charge in [0, 0.05) is 67.8 Å². The maximum absolute atomic E-state index is 13.6. The van der Waals surface area contributed by atoms with Crippen LogP contribution < -0.4 is 21.3 Å². The molecule has 6 aromatic heterocycles. The number of carbonyl (C=O) groups excluding carboxylic acids is 1. The average Bonchev–Trinajstić information content (AvgIpc) is 3.81. The summed E-state index contributed by atoms with van der Waals surface area (Å²) in [6.45, 7) is -4.00. The Morgan fingerprint density at radius 3 is 1.41 bits per heavy atom. The third kappa shape index (κ3) is 9.66. The number of hydrogen-bond donors (Lipinski definition) is 1. The normalized spacial score (nSPS) is 13.0. The molecule has 1 amide bonds. The van der Waals surface area contributed by atoms with Crippen LogP contribution in [0.5, 0.6) is 0 Å². The van der Waals surface area contributed by atoms with E-state index in [4.69, 9.17) is 0 Å². The number of halogens is 17. The molecule has 0 bridgehead atoms. The standard InChI is InChI=1S/C17H10F9N5O2.C16H11F8N5O/c1-29(14(18)33)9-2-3-31-10(4-9)28-12(16(21,22)23)11(13(31)32)8-5-27-30(6-8)7-15(19,20)17(24,25)26;1-25-9-2-3-29-10(4-9)27-12(15(19,20)21)11(13(29)30)8-5-26-28(6-8)7-14(17,18)16(22,23)24/h2-6H,7H2,1H3;2-6,25H,7H2,1H3. The molecule has 0 aromatic carbocycles. The van der Waals surface area contributed by atoms with Crippen molar-refractivity contribution in [3.8, 4) is 22.3 Å². The lowest BCUT2D eigenvalue weighted by atomic mass is 10.1. The minimum absolute atomic E-state index is 0.0438. The fourth-order valence-corrected chi connectivity index (χ4v) is 5.41. The van der Waals surface area contributed by atoms with Gasteiger partial charge in [-0.05, 0) is 12.1 Å². The summed E-state index contributed by atoms with van der Waals surface area (Å²) in [4.78, 5) is 43.5. The van der Waals surface area contributed by atoms with Crippen molar-refractivity contribution in [2.24, 2.45) is 0 Å². The van der Waals surface area contributed by atoms with Crippen molar-refractivity contribution in [2.75, 3.05) is 24.3 Å². The van der Waals surface area contributed by atoms with Gasteiger partial charge >= 0.3 is 42.7 Å². The molecule has 0 unspecified atom stereocenters. The first-order valence-electron chi connectivity index (χ1n) is 16.6. The number of hydrogen-bond acceptors (Lipinski definition) is 8. The number of fused-ring (bicyclic) bond motifs is 2. The monoisotopic (exact) mass is 928 g/mol. The average molecular weight is 929 g/mol. The second-order valence-corrected chi connectivity index (χ2v) is 12.9. The molecule has 30 heteroatoms. The summed E-state index contributed by atoms with van der Waals surface area (Å²) < 4.78 is 223. The van der Waals surface area contributed by atoms with Crippen molar-refractivity contribution in [1.29, 1.82) is 0 Å². The van der Waals surface area contributed by atoms with Gasteiger partial charge < -0.3 is 5.32 Å². The zero-order chi connectivity index (χ0) is 47.4. The van der Waals surface area contributed by atoms with Crippen molar-refractivity contribution in [3.63, 3.8) is 0 Å². The van der Waals surface area contributed by atoms with E-state index in [0.29, 0.717) is 39.8 Å². The number of alkyl halides is 16. The Bertz CT molecular complexity index is 2800. The second-order valence-electron chi connectivity index (χ2n) is 12.9. The van der Waals surface area contributed by atoms with Crippen molar-refractivity contribution in [2.45, 2.75) is 49.6 Å². The van der Waals surface area contributed by atoms with Crippen LogP contribution in [0.1, 0.15) is 11.4 Å². The molecule has 0 fully saturated rings. The van der Waals surface area contributed by atoms with Crippen LogP contribution in [-0.4, -0.2) is 82.8 Å². The fraction of sp³-hybridized carbons (Fsp3) is 0.303. The first-order chi connectivity index (χ1) is 28.8. The van der Waals surface area contributed by atoms with Crippen molar-refractivity contribution >= 4 is 28.8 Å². The summed E-state index contributed by atoms with van der Waals surface area (Å²) in [6.07, 6.45) is -20.1. The molecule has 63 heavy (non-hydrogen) atoms. The van der Waals surface area contributed by atoms with Crippen LogP contribution in [0.3, 0.4) is 0 Å². The van der Waals surface area contributed by atoms with E-state index in [1.807, 2.05) is 0 Å². The summed E-state index contributed by atoms with van der Waals surface area (Å²) in [5.41, 5.74) is -10.4. The van der Waals surface area contributed by atoms with Gasteiger partial charge in [0.25, 0.3) is 11.1 Å². The van der Waals surface area contributed by atoms with E-state index in [9.17, 15) is 89.0 Å². The SMILES string of the molecule is CN(C(=O)F)c1ccn2c(=O)c(-c3cnn(CC(F)(F)C(F)(F)F)c3)c(C(F)(F)F)nc2c1.CNc1ccn2c(=O)c(-c3cnn(CC(F)(F)C(F)(F)F)c3)c(C(F)(F)F)nc2c1. The summed E-state index contributed by atoms with van der Waals surface area (Å²) in [5.74, 6) is -10.4. The highest BCUT2D eigenvalue weighted by Crippen LogP contribution is 2.40. The number of nitrogens with one attached hydrogen (secondary N) is 1. The first-order valence-corrected chi connectivity index (χ1v) is 16.6. The summed E-state index contributed by atoms with van der Waals surface area (Å²) >= 11 is 0. The molecule has 1 N–H and O–H groups in total. The van der Waals surface area contributed by atoms with E-state index in [0.717, 1.165) is 36.0 Å². The van der Waals surface area contributed by atoms with E-state index < -0.39 is 106 Å². The second kappa shape index (κ2) is 16.2. The van der Waals surface area contributed by atoms with Crippen molar-refractivity contribution < 1.29 is 79.4 Å². The summed E-state index contributed by atoms with van der Waals surface area (Å²) in [6, 6.07) is 4.37. The van der Waals surface area contributed by atoms with Crippen LogP contribution in [0.15, 0.2) is 71.0 Å². The Labute approximate surface area is 336 Å². The topological polar surface area (TPSA) is 137 Å². The Morgan fingerprint density at radius 1 is 0.651 bits per heavy atom. The smallest absolute Gasteiger partial charge is 0.388 e. The van der Waals surface area contributed by atoms with Gasteiger partial charge in [0.05, 0.1) is 29.2 Å². The lowest BCUT2D eigenvalue weighted by Crippen LogP contribution is -2.40. The number of pyridine rings is 2. The van der Waals surface area contributed by atoms with Crippen LogP contribution in [-0.2, 0) is 25.4 Å². The van der Waals surface area contributed by atoms with E-state index in [-0.39, 0.29) is 20.7 Å². The van der Waals surface area contributed by atoms with Crippen molar-refractivity contribution in [3.05, 3.63) is 93.5 Å². The number of carbonyl (C=O) groups is 1. The Morgan fingerprint density at radius 2 is 1.05 bits per heavy atom. The number of aromatic nitrogens is 8. The lowest BCUT2D eigenvalue weighted by molar-refractivity contribution is -0.287.